The minimum absolute atomic E-state index is 0.0728. The molecule has 242 valence electrons. The number of furan rings is 1. The third-order valence-electron chi connectivity index (χ3n) is 10.5. The first-order valence-electron chi connectivity index (χ1n) is 19.8. The normalized spacial score (nSPS) is 14.4. The van der Waals surface area contributed by atoms with Crippen molar-refractivity contribution in [3.63, 3.8) is 0 Å². The first-order chi connectivity index (χ1) is 27.1. The van der Waals surface area contributed by atoms with Crippen LogP contribution >= 0.6 is 0 Å². The lowest BCUT2D eigenvalue weighted by atomic mass is 9.79. The van der Waals surface area contributed by atoms with Gasteiger partial charge in [0.15, 0.2) is 0 Å². The summed E-state index contributed by atoms with van der Waals surface area (Å²) in [6.07, 6.45) is 0. The van der Waals surface area contributed by atoms with Crippen LogP contribution in [0.3, 0.4) is 0 Å². The van der Waals surface area contributed by atoms with Crippen LogP contribution in [0, 0.1) is 0 Å². The van der Waals surface area contributed by atoms with Crippen LogP contribution in [0.1, 0.15) is 31.8 Å². The minimum atomic E-state index is -0.435. The zero-order valence-corrected chi connectivity index (χ0v) is 28.2. The highest BCUT2D eigenvalue weighted by atomic mass is 16.3. The van der Waals surface area contributed by atoms with E-state index in [0.29, 0.717) is 11.4 Å². The van der Waals surface area contributed by atoms with E-state index in [2.05, 4.69) is 98.8 Å². The Morgan fingerprint density at radius 1 is 0.529 bits per heavy atom. The molecule has 0 saturated heterocycles. The molecule has 0 aliphatic heterocycles. The first kappa shape index (κ1) is 24.7. The summed E-state index contributed by atoms with van der Waals surface area (Å²) in [5, 5.41) is 4.03. The van der Waals surface area contributed by atoms with Crippen molar-refractivity contribution in [2.45, 2.75) is 19.3 Å². The van der Waals surface area contributed by atoms with Gasteiger partial charge in [-0.2, -0.15) is 0 Å². The van der Waals surface area contributed by atoms with Crippen LogP contribution in [-0.2, 0) is 5.41 Å². The standard InChI is InChI=1S/C49H35NO/c1-49(2)43-23-10-8-18-38(43)41-22-12-20-36(47(41)49)33-26-29-35(30-27-33)50(34-15-4-3-5-16-34)44-24-11-9-19-39(44)40-21-13-25-45-46(40)42-31-28-32-14-6-7-17-37(32)48(42)51-45/h3-31H,1-2H3/i3D,4D,5D,15D,16D. The van der Waals surface area contributed by atoms with Crippen molar-refractivity contribution in [3.05, 3.63) is 187 Å². The van der Waals surface area contributed by atoms with Gasteiger partial charge in [0, 0.05) is 38.5 Å². The highest BCUT2D eigenvalue weighted by Gasteiger charge is 2.37. The Morgan fingerprint density at radius 2 is 1.22 bits per heavy atom. The highest BCUT2D eigenvalue weighted by Crippen LogP contribution is 2.52. The number of fused-ring (bicyclic) bond motifs is 8. The van der Waals surface area contributed by atoms with Gasteiger partial charge in [-0.05, 0) is 86.7 Å². The van der Waals surface area contributed by atoms with Crippen molar-refractivity contribution in [2.24, 2.45) is 0 Å². The molecule has 0 atom stereocenters. The van der Waals surface area contributed by atoms with Crippen molar-refractivity contribution in [2.75, 3.05) is 4.90 Å². The number of anilines is 3. The van der Waals surface area contributed by atoms with Crippen LogP contribution < -0.4 is 4.90 Å². The maximum absolute atomic E-state index is 9.17. The number of hydrogen-bond acceptors (Lipinski definition) is 2. The van der Waals surface area contributed by atoms with E-state index < -0.39 is 18.1 Å². The van der Waals surface area contributed by atoms with Gasteiger partial charge in [0.05, 0.1) is 12.5 Å². The number of rotatable bonds is 5. The van der Waals surface area contributed by atoms with E-state index >= 15 is 0 Å². The minimum Gasteiger partial charge on any atom is -0.455 e. The Hall–Kier alpha value is -6.38. The van der Waals surface area contributed by atoms with Crippen molar-refractivity contribution in [1.82, 2.24) is 0 Å². The van der Waals surface area contributed by atoms with Crippen molar-refractivity contribution in [1.29, 1.82) is 0 Å². The number of nitrogens with zero attached hydrogens (tertiary/aromatic N) is 1. The molecule has 0 saturated carbocycles. The lowest BCUT2D eigenvalue weighted by Gasteiger charge is -2.28. The predicted molar refractivity (Wildman–Crippen MR) is 214 cm³/mol. The van der Waals surface area contributed by atoms with Gasteiger partial charge in [-0.15, -0.1) is 0 Å². The number of para-hydroxylation sites is 2. The first-order valence-corrected chi connectivity index (χ1v) is 17.3. The molecule has 9 aromatic rings. The van der Waals surface area contributed by atoms with Crippen LogP contribution in [0.4, 0.5) is 17.1 Å². The lowest BCUT2D eigenvalue weighted by molar-refractivity contribution is 0.662. The van der Waals surface area contributed by atoms with Crippen LogP contribution in [0.25, 0.3) is 66.1 Å². The van der Waals surface area contributed by atoms with Crippen LogP contribution in [0.5, 0.6) is 0 Å². The zero-order valence-electron chi connectivity index (χ0n) is 33.2. The molecule has 51 heavy (non-hydrogen) atoms. The molecule has 2 heteroatoms. The Morgan fingerprint density at radius 3 is 2.08 bits per heavy atom. The molecule has 0 spiro atoms. The average molecular weight is 659 g/mol. The van der Waals surface area contributed by atoms with Gasteiger partial charge in [0.1, 0.15) is 11.2 Å². The molecule has 1 aliphatic rings. The van der Waals surface area contributed by atoms with Crippen LogP contribution in [0.15, 0.2) is 180 Å². The van der Waals surface area contributed by atoms with Gasteiger partial charge in [-0.3, -0.25) is 0 Å². The molecule has 10 rings (SSSR count). The summed E-state index contributed by atoms with van der Waals surface area (Å²) in [6, 6.07) is 47.7. The Kier molecular flexibility index (Phi) is 5.49. The van der Waals surface area contributed by atoms with Gasteiger partial charge in [0.25, 0.3) is 0 Å². The van der Waals surface area contributed by atoms with Crippen molar-refractivity contribution >= 4 is 49.8 Å². The van der Waals surface area contributed by atoms with E-state index in [1.807, 2.05) is 65.6 Å². The summed E-state index contributed by atoms with van der Waals surface area (Å²) in [5.74, 6) is 0. The van der Waals surface area contributed by atoms with E-state index in [4.69, 9.17) is 11.3 Å². The fourth-order valence-electron chi connectivity index (χ4n) is 8.30. The van der Waals surface area contributed by atoms with E-state index in [1.165, 1.54) is 22.3 Å². The lowest BCUT2D eigenvalue weighted by Crippen LogP contribution is -2.16. The monoisotopic (exact) mass is 658 g/mol. The molecule has 0 bridgehead atoms. The number of hydrogen-bond donors (Lipinski definition) is 0. The second kappa shape index (κ2) is 11.3. The molecule has 0 radical (unpaired) electrons. The largest absolute Gasteiger partial charge is 0.455 e. The summed E-state index contributed by atoms with van der Waals surface area (Å²) < 4.78 is 50.7. The smallest absolute Gasteiger partial charge is 0.143 e. The van der Waals surface area contributed by atoms with Gasteiger partial charge in [-0.25, -0.2) is 0 Å². The summed E-state index contributed by atoms with van der Waals surface area (Å²) in [5.41, 5.74) is 11.7. The van der Waals surface area contributed by atoms with Gasteiger partial charge in [-0.1, -0.05) is 147 Å². The summed E-state index contributed by atoms with van der Waals surface area (Å²) in [6.45, 7) is 4.55. The molecular formula is C49H35NO. The summed E-state index contributed by atoms with van der Waals surface area (Å²) in [7, 11) is 0. The second-order valence-electron chi connectivity index (χ2n) is 13.7. The molecule has 8 aromatic carbocycles. The van der Waals surface area contributed by atoms with E-state index in [-0.39, 0.29) is 23.2 Å². The summed E-state index contributed by atoms with van der Waals surface area (Å²) >= 11 is 0. The maximum Gasteiger partial charge on any atom is 0.143 e. The molecule has 1 aromatic heterocycles. The van der Waals surface area contributed by atoms with Gasteiger partial charge >= 0.3 is 0 Å². The van der Waals surface area contributed by atoms with E-state index in [0.717, 1.165) is 55.0 Å². The van der Waals surface area contributed by atoms with E-state index in [9.17, 15) is 0 Å². The third kappa shape index (κ3) is 4.50. The SMILES string of the molecule is [2H]c1c([2H])c([2H])c(N(c2ccc(-c3cccc4c3C(C)(C)c3ccccc3-4)cc2)c2ccccc2-c2cccc3oc4c5ccccc5ccc4c23)c([2H])c1[2H]. The maximum atomic E-state index is 9.17. The zero-order chi connectivity index (χ0) is 38.5. The second-order valence-corrected chi connectivity index (χ2v) is 13.7. The third-order valence-corrected chi connectivity index (χ3v) is 10.5. The van der Waals surface area contributed by atoms with E-state index in [1.54, 1.807) is 0 Å². The predicted octanol–water partition coefficient (Wildman–Crippen LogP) is 13.8. The van der Waals surface area contributed by atoms with Gasteiger partial charge < -0.3 is 9.32 Å². The van der Waals surface area contributed by atoms with Crippen molar-refractivity contribution < 1.29 is 11.3 Å². The van der Waals surface area contributed by atoms with Gasteiger partial charge in [0.2, 0.25) is 0 Å². The molecule has 0 amide bonds. The Bertz CT molecular complexity index is 3040. The fraction of sp³-hybridized carbons (Fsp3) is 0.0612. The average Bonchev–Trinajstić information content (AvgIpc) is 3.74. The quantitative estimate of drug-likeness (QED) is 0.183. The fourth-order valence-corrected chi connectivity index (χ4v) is 8.30. The number of benzene rings is 8. The Labute approximate surface area is 304 Å². The van der Waals surface area contributed by atoms with Crippen molar-refractivity contribution in [3.8, 4) is 33.4 Å². The Balaban J connectivity index is 1.19. The summed E-state index contributed by atoms with van der Waals surface area (Å²) in [4.78, 5) is 1.81. The molecule has 0 unspecified atom stereocenters. The molecular weight excluding hydrogens is 619 g/mol. The molecule has 0 N–H and O–H groups in total. The molecule has 2 nitrogen and oxygen atoms in total. The topological polar surface area (TPSA) is 16.4 Å². The highest BCUT2D eigenvalue weighted by molar-refractivity contribution is 6.19. The van der Waals surface area contributed by atoms with Crippen LogP contribution in [-0.4, -0.2) is 0 Å². The molecule has 1 heterocycles. The molecule has 0 fully saturated rings. The van der Waals surface area contributed by atoms with Crippen LogP contribution in [0.2, 0.25) is 0 Å². The molecule has 1 aliphatic carbocycles.